The Hall–Kier alpha value is -3.17. The normalized spacial score (nSPS) is 10.8. The van der Waals surface area contributed by atoms with E-state index < -0.39 is 0 Å². The summed E-state index contributed by atoms with van der Waals surface area (Å²) in [6.07, 6.45) is 1.77. The van der Waals surface area contributed by atoms with Crippen molar-refractivity contribution in [3.8, 4) is 11.4 Å². The number of hydrogen-bond acceptors (Lipinski definition) is 6. The molecule has 32 heavy (non-hydrogen) atoms. The Labute approximate surface area is 193 Å². The molecule has 0 aliphatic rings. The number of carbonyl (C=O) groups excluding carboxylic acids is 1. The topological polar surface area (TPSA) is 72.7 Å². The van der Waals surface area contributed by atoms with Crippen molar-refractivity contribution in [2.24, 2.45) is 7.05 Å². The number of nitrogens with one attached hydrogen (secondary N) is 1. The van der Waals surface area contributed by atoms with E-state index in [1.54, 1.807) is 47.8 Å². The smallest absolute Gasteiger partial charge is 0.234 e. The maximum Gasteiger partial charge on any atom is 0.234 e. The zero-order valence-corrected chi connectivity index (χ0v) is 18.9. The minimum atomic E-state index is -0.363. The summed E-state index contributed by atoms with van der Waals surface area (Å²) in [5.74, 6) is 0.825. The quantitative estimate of drug-likeness (QED) is 0.368. The molecule has 0 bridgehead atoms. The zero-order chi connectivity index (χ0) is 22.3. The van der Waals surface area contributed by atoms with Crippen LogP contribution in [0.15, 0.2) is 83.1 Å². The van der Waals surface area contributed by atoms with Crippen molar-refractivity contribution < 1.29 is 9.18 Å². The van der Waals surface area contributed by atoms with Gasteiger partial charge >= 0.3 is 0 Å². The third-order valence-corrected chi connectivity index (χ3v) is 6.55. The molecule has 162 valence electrons. The number of nitrogens with zero attached hydrogens (tertiary/aromatic N) is 4. The van der Waals surface area contributed by atoms with Gasteiger partial charge in [0.05, 0.1) is 16.3 Å². The third kappa shape index (κ3) is 5.54. The van der Waals surface area contributed by atoms with E-state index in [1.807, 2.05) is 42.5 Å². The molecule has 4 rings (SSSR count). The van der Waals surface area contributed by atoms with E-state index in [9.17, 15) is 9.18 Å². The highest BCUT2D eigenvalue weighted by Crippen LogP contribution is 2.25. The first-order valence-corrected chi connectivity index (χ1v) is 11.8. The maximum absolute atomic E-state index is 14.0. The van der Waals surface area contributed by atoms with Crippen LogP contribution < -0.4 is 5.32 Å². The van der Waals surface area contributed by atoms with Gasteiger partial charge in [0.15, 0.2) is 11.0 Å². The molecule has 1 N–H and O–H groups in total. The molecule has 6 nitrogen and oxygen atoms in total. The van der Waals surface area contributed by atoms with Gasteiger partial charge in [-0.25, -0.2) is 9.37 Å². The molecule has 1 amide bonds. The minimum absolute atomic E-state index is 0.153. The van der Waals surface area contributed by atoms with Gasteiger partial charge in [-0.15, -0.1) is 22.0 Å². The average molecular weight is 466 g/mol. The Morgan fingerprint density at radius 2 is 1.88 bits per heavy atom. The number of anilines is 1. The van der Waals surface area contributed by atoms with Crippen LogP contribution in [0.25, 0.3) is 11.4 Å². The number of thioether (sulfide) groups is 2. The molecule has 0 atom stereocenters. The summed E-state index contributed by atoms with van der Waals surface area (Å²) < 4.78 is 15.7. The predicted molar refractivity (Wildman–Crippen MR) is 126 cm³/mol. The van der Waals surface area contributed by atoms with Crippen LogP contribution in [-0.2, 0) is 17.6 Å². The van der Waals surface area contributed by atoms with E-state index in [4.69, 9.17) is 0 Å². The van der Waals surface area contributed by atoms with Crippen molar-refractivity contribution in [3.05, 3.63) is 84.3 Å². The Kier molecular flexibility index (Phi) is 7.18. The SMILES string of the molecule is Cn1c(SCC(=O)Nc2cccc(CSc3ccccn3)c2)nnc1-c1ccccc1F. The van der Waals surface area contributed by atoms with Crippen LogP contribution in [0.1, 0.15) is 5.56 Å². The third-order valence-electron chi connectivity index (χ3n) is 4.52. The van der Waals surface area contributed by atoms with Crippen molar-refractivity contribution in [1.29, 1.82) is 0 Å². The fraction of sp³-hybridized carbons (Fsp3) is 0.130. The molecule has 2 heterocycles. The monoisotopic (exact) mass is 465 g/mol. The summed E-state index contributed by atoms with van der Waals surface area (Å²) in [5, 5.41) is 12.6. The van der Waals surface area contributed by atoms with Gasteiger partial charge in [0.2, 0.25) is 5.91 Å². The lowest BCUT2D eigenvalue weighted by Gasteiger charge is -2.08. The molecule has 0 saturated carbocycles. The van der Waals surface area contributed by atoms with Crippen LogP contribution in [0.4, 0.5) is 10.1 Å². The molecule has 0 aliphatic carbocycles. The van der Waals surface area contributed by atoms with Crippen LogP contribution >= 0.6 is 23.5 Å². The molecule has 0 radical (unpaired) electrons. The predicted octanol–water partition coefficient (Wildman–Crippen LogP) is 5.04. The lowest BCUT2D eigenvalue weighted by molar-refractivity contribution is -0.113. The molecule has 0 fully saturated rings. The second kappa shape index (κ2) is 10.4. The number of halogens is 1. The molecule has 0 unspecified atom stereocenters. The van der Waals surface area contributed by atoms with E-state index in [-0.39, 0.29) is 17.5 Å². The van der Waals surface area contributed by atoms with Crippen molar-refractivity contribution in [1.82, 2.24) is 19.7 Å². The second-order valence-corrected chi connectivity index (χ2v) is 8.78. The average Bonchev–Trinajstić information content (AvgIpc) is 3.17. The molecular formula is C23H20FN5OS2. The highest BCUT2D eigenvalue weighted by molar-refractivity contribution is 7.99. The number of carbonyl (C=O) groups is 1. The Morgan fingerprint density at radius 3 is 2.69 bits per heavy atom. The summed E-state index contributed by atoms with van der Waals surface area (Å²) in [7, 11) is 1.75. The summed E-state index contributed by atoms with van der Waals surface area (Å²) in [6.45, 7) is 0. The lowest BCUT2D eigenvalue weighted by atomic mass is 10.2. The van der Waals surface area contributed by atoms with Gasteiger partial charge in [-0.2, -0.15) is 0 Å². The van der Waals surface area contributed by atoms with Crippen LogP contribution in [0.2, 0.25) is 0 Å². The number of benzene rings is 2. The number of hydrogen-bond donors (Lipinski definition) is 1. The lowest BCUT2D eigenvalue weighted by Crippen LogP contribution is -2.14. The first kappa shape index (κ1) is 22.0. The molecule has 0 saturated heterocycles. The van der Waals surface area contributed by atoms with Crippen LogP contribution in [0.3, 0.4) is 0 Å². The molecule has 4 aromatic rings. The van der Waals surface area contributed by atoms with Crippen LogP contribution in [0.5, 0.6) is 0 Å². The number of pyridine rings is 1. The number of amides is 1. The van der Waals surface area contributed by atoms with Crippen LogP contribution in [0, 0.1) is 5.82 Å². The molecule has 0 aliphatic heterocycles. The van der Waals surface area contributed by atoms with Gasteiger partial charge in [-0.05, 0) is 42.0 Å². The van der Waals surface area contributed by atoms with Gasteiger partial charge in [0, 0.05) is 24.7 Å². The van der Waals surface area contributed by atoms with E-state index in [1.165, 1.54) is 17.8 Å². The Balaban J connectivity index is 1.33. The summed E-state index contributed by atoms with van der Waals surface area (Å²) >= 11 is 2.89. The first-order valence-electron chi connectivity index (χ1n) is 9.80. The standard InChI is InChI=1S/C23H20FN5OS2/c1-29-22(18-9-2-3-10-19(18)24)27-28-23(29)32-15-20(30)26-17-8-6-7-16(13-17)14-31-21-11-4-5-12-25-21/h2-13H,14-15H2,1H3,(H,26,30). The highest BCUT2D eigenvalue weighted by Gasteiger charge is 2.15. The van der Waals surface area contributed by atoms with E-state index in [0.29, 0.717) is 16.5 Å². The Bertz CT molecular complexity index is 1220. The van der Waals surface area contributed by atoms with Gasteiger partial charge in [-0.1, -0.05) is 42.1 Å². The van der Waals surface area contributed by atoms with Crippen molar-refractivity contribution in [3.63, 3.8) is 0 Å². The zero-order valence-electron chi connectivity index (χ0n) is 17.2. The van der Waals surface area contributed by atoms with E-state index in [0.717, 1.165) is 22.0 Å². The summed E-state index contributed by atoms with van der Waals surface area (Å²) in [4.78, 5) is 16.8. The van der Waals surface area contributed by atoms with Crippen LogP contribution in [-0.4, -0.2) is 31.4 Å². The van der Waals surface area contributed by atoms with E-state index in [2.05, 4.69) is 20.5 Å². The van der Waals surface area contributed by atoms with E-state index >= 15 is 0 Å². The highest BCUT2D eigenvalue weighted by atomic mass is 32.2. The molecule has 9 heteroatoms. The fourth-order valence-electron chi connectivity index (χ4n) is 2.97. The van der Waals surface area contributed by atoms with Gasteiger partial charge in [-0.3, -0.25) is 4.79 Å². The summed E-state index contributed by atoms with van der Waals surface area (Å²) in [6, 6.07) is 20.0. The largest absolute Gasteiger partial charge is 0.325 e. The van der Waals surface area contributed by atoms with Gasteiger partial charge in [0.1, 0.15) is 5.82 Å². The van der Waals surface area contributed by atoms with Crippen molar-refractivity contribution >= 4 is 35.1 Å². The van der Waals surface area contributed by atoms with Crippen molar-refractivity contribution in [2.45, 2.75) is 15.9 Å². The minimum Gasteiger partial charge on any atom is -0.325 e. The number of rotatable bonds is 8. The molecular weight excluding hydrogens is 445 g/mol. The molecule has 2 aromatic heterocycles. The maximum atomic E-state index is 14.0. The van der Waals surface area contributed by atoms with Crippen molar-refractivity contribution in [2.75, 3.05) is 11.1 Å². The fourth-order valence-corrected chi connectivity index (χ4v) is 4.49. The van der Waals surface area contributed by atoms with Gasteiger partial charge in [0.25, 0.3) is 0 Å². The number of aromatic nitrogens is 4. The molecule has 2 aromatic carbocycles. The second-order valence-electron chi connectivity index (χ2n) is 6.84. The first-order chi connectivity index (χ1) is 15.6. The molecule has 0 spiro atoms. The Morgan fingerprint density at radius 1 is 1.03 bits per heavy atom. The van der Waals surface area contributed by atoms with Gasteiger partial charge < -0.3 is 9.88 Å². The summed E-state index contributed by atoms with van der Waals surface area (Å²) in [5.41, 5.74) is 2.20.